The fourth-order valence-electron chi connectivity index (χ4n) is 5.11. The molecule has 0 spiro atoms. The van der Waals surface area contributed by atoms with Crippen LogP contribution >= 0.6 is 11.3 Å². The van der Waals surface area contributed by atoms with Crippen LogP contribution in [0.5, 0.6) is 0 Å². The van der Waals surface area contributed by atoms with E-state index in [4.69, 9.17) is 9.90 Å². The molecule has 1 fully saturated rings. The Morgan fingerprint density at radius 3 is 2.14 bits per heavy atom. The normalized spacial score (nSPS) is 14.1. The number of thiophene rings is 1. The summed E-state index contributed by atoms with van der Waals surface area (Å²) in [6, 6.07) is 15.2. The van der Waals surface area contributed by atoms with Crippen molar-refractivity contribution in [3.8, 4) is 0 Å². The van der Waals surface area contributed by atoms with Gasteiger partial charge in [-0.05, 0) is 67.1 Å². The van der Waals surface area contributed by atoms with Gasteiger partial charge < -0.3 is 14.9 Å². The van der Waals surface area contributed by atoms with Gasteiger partial charge in [0.05, 0.1) is 4.88 Å². The maximum atomic E-state index is 13.2. The largest absolute Gasteiger partial charge is 0.481 e. The van der Waals surface area contributed by atoms with Gasteiger partial charge in [-0.3, -0.25) is 14.4 Å². The van der Waals surface area contributed by atoms with Crippen molar-refractivity contribution in [1.29, 1.82) is 0 Å². The van der Waals surface area contributed by atoms with E-state index in [0.717, 1.165) is 48.1 Å². The van der Waals surface area contributed by atoms with Gasteiger partial charge >= 0.3 is 0 Å². The van der Waals surface area contributed by atoms with Gasteiger partial charge in [0, 0.05) is 46.4 Å². The number of ketones is 2. The Morgan fingerprint density at radius 1 is 1.00 bits per heavy atom. The van der Waals surface area contributed by atoms with Gasteiger partial charge in [0.15, 0.2) is 0 Å². The van der Waals surface area contributed by atoms with Crippen molar-refractivity contribution in [3.05, 3.63) is 69.9 Å². The Labute approximate surface area is 219 Å². The molecule has 7 nitrogen and oxygen atoms in total. The summed E-state index contributed by atoms with van der Waals surface area (Å²) in [6.07, 6.45) is 5.02. The summed E-state index contributed by atoms with van der Waals surface area (Å²) >= 11 is 1.43. The minimum absolute atomic E-state index is 0.00259. The average Bonchev–Trinajstić information content (AvgIpc) is 3.66. The van der Waals surface area contributed by atoms with Gasteiger partial charge in [-0.15, -0.1) is 11.3 Å². The topological polar surface area (TPSA) is 109 Å². The number of Topliss-reactive ketones (excluding diaryl/α,β-unsaturated/α-hetero) is 1. The first-order valence-corrected chi connectivity index (χ1v) is 13.3. The van der Waals surface area contributed by atoms with Crippen molar-refractivity contribution >= 4 is 56.4 Å². The van der Waals surface area contributed by atoms with Crippen LogP contribution in [0.25, 0.3) is 21.8 Å². The zero-order chi connectivity index (χ0) is 26.5. The number of aromatic nitrogens is 1. The monoisotopic (exact) mass is 518 g/mol. The molecule has 0 unspecified atom stereocenters. The highest BCUT2D eigenvalue weighted by Crippen LogP contribution is 2.33. The molecule has 0 aliphatic heterocycles. The van der Waals surface area contributed by atoms with Crippen molar-refractivity contribution in [3.63, 3.8) is 0 Å². The number of oxime groups is 1. The van der Waals surface area contributed by atoms with Gasteiger partial charge in [-0.25, -0.2) is 0 Å². The van der Waals surface area contributed by atoms with Crippen LogP contribution in [-0.2, 0) is 11.3 Å². The number of rotatable bonds is 7. The molecule has 2 N–H and O–H groups in total. The molecule has 0 amide bonds. The third-order valence-corrected chi connectivity index (χ3v) is 7.66. The number of carbonyl (C=O) groups excluding carboxylic acids is 2. The van der Waals surface area contributed by atoms with Crippen LogP contribution in [0.1, 0.15) is 71.5 Å². The summed E-state index contributed by atoms with van der Waals surface area (Å²) in [5.41, 5.74) is 3.42. The van der Waals surface area contributed by atoms with E-state index in [1.165, 1.54) is 24.2 Å². The van der Waals surface area contributed by atoms with Gasteiger partial charge in [0.2, 0.25) is 11.6 Å². The smallest absolute Gasteiger partial charge is 0.300 e. The zero-order valence-corrected chi connectivity index (χ0v) is 21.8. The van der Waals surface area contributed by atoms with Crippen molar-refractivity contribution in [2.75, 3.05) is 0 Å². The quantitative estimate of drug-likeness (QED) is 0.121. The van der Waals surface area contributed by atoms with E-state index in [2.05, 4.69) is 16.6 Å². The molecule has 8 heteroatoms. The Bertz CT molecular complexity index is 1470. The van der Waals surface area contributed by atoms with Crippen molar-refractivity contribution in [1.82, 2.24) is 4.57 Å². The Hall–Kier alpha value is -3.78. The average molecular weight is 519 g/mol. The van der Waals surface area contributed by atoms with Crippen molar-refractivity contribution in [2.24, 2.45) is 11.1 Å². The maximum absolute atomic E-state index is 13.2. The molecule has 1 saturated carbocycles. The highest BCUT2D eigenvalue weighted by molar-refractivity contribution is 7.12. The van der Waals surface area contributed by atoms with Crippen LogP contribution in [0.3, 0.4) is 0 Å². The molecule has 0 atom stereocenters. The van der Waals surface area contributed by atoms with Crippen LogP contribution in [0, 0.1) is 5.92 Å². The second-order valence-electron chi connectivity index (χ2n) is 9.26. The fraction of sp³-hybridized carbons (Fsp3) is 0.310. The minimum Gasteiger partial charge on any atom is -0.481 e. The second kappa shape index (κ2) is 11.5. The lowest BCUT2D eigenvalue weighted by Gasteiger charge is -2.10. The Balaban J connectivity index is 0.000000747. The maximum Gasteiger partial charge on any atom is 0.300 e. The van der Waals surface area contributed by atoms with Crippen molar-refractivity contribution < 1.29 is 24.7 Å². The number of hydrogen-bond donors (Lipinski definition) is 2. The number of benzene rings is 2. The van der Waals surface area contributed by atoms with E-state index in [9.17, 15) is 14.8 Å². The van der Waals surface area contributed by atoms with Gasteiger partial charge in [-0.2, -0.15) is 0 Å². The highest BCUT2D eigenvalue weighted by Gasteiger charge is 2.24. The number of carbonyl (C=O) groups is 3. The molecule has 0 bridgehead atoms. The second-order valence-corrected chi connectivity index (χ2v) is 10.2. The summed E-state index contributed by atoms with van der Waals surface area (Å²) in [5, 5.41) is 24.1. The number of aliphatic carboxylic acids is 1. The first-order chi connectivity index (χ1) is 17.8. The number of aryl methyl sites for hydroxylation is 1. The molecule has 2 aromatic heterocycles. The molecule has 0 radical (unpaired) electrons. The summed E-state index contributed by atoms with van der Waals surface area (Å²) in [5.74, 6) is -0.645. The summed E-state index contributed by atoms with van der Waals surface area (Å²) in [7, 11) is 0. The first kappa shape index (κ1) is 26.3. The number of nitrogens with zero attached hydrogens (tertiary/aromatic N) is 2. The first-order valence-electron chi connectivity index (χ1n) is 12.4. The standard InChI is InChI=1S/C27H26N2O3S.C2H4O2/c1-2-29-23-11-9-18(26(30)22(28-32)14-17-6-3-4-7-17)15-20(23)21-16-19(10-12-24(21)29)27(31)25-8-5-13-33-25;1-2(3)4/h5,8-13,15-17,32H,2-4,6-7,14H2,1H3;1H3,(H,3,4). The predicted molar refractivity (Wildman–Crippen MR) is 146 cm³/mol. The number of carboxylic acids is 1. The van der Waals surface area contributed by atoms with Crippen LogP contribution in [0.2, 0.25) is 0 Å². The van der Waals surface area contributed by atoms with E-state index in [0.29, 0.717) is 28.3 Å². The van der Waals surface area contributed by atoms with Crippen LogP contribution in [0.15, 0.2) is 59.1 Å². The van der Waals surface area contributed by atoms with Crippen LogP contribution in [0.4, 0.5) is 0 Å². The summed E-state index contributed by atoms with van der Waals surface area (Å²) in [6.45, 7) is 3.94. The molecule has 0 saturated heterocycles. The predicted octanol–water partition coefficient (Wildman–Crippen LogP) is 6.79. The molecule has 1 aliphatic carbocycles. The lowest BCUT2D eigenvalue weighted by Crippen LogP contribution is -2.17. The Kier molecular flexibility index (Phi) is 8.18. The van der Waals surface area contributed by atoms with Gasteiger partial charge in [0.25, 0.3) is 5.97 Å². The summed E-state index contributed by atoms with van der Waals surface area (Å²) < 4.78 is 2.19. The molecule has 4 aromatic rings. The molecule has 37 heavy (non-hydrogen) atoms. The molecular weight excluding hydrogens is 488 g/mol. The minimum atomic E-state index is -0.833. The Morgan fingerprint density at radius 2 is 1.59 bits per heavy atom. The number of fused-ring (bicyclic) bond motifs is 3. The molecular formula is C29H30N2O5S. The van der Waals surface area contributed by atoms with E-state index in [-0.39, 0.29) is 17.3 Å². The summed E-state index contributed by atoms with van der Waals surface area (Å²) in [4.78, 5) is 35.8. The zero-order valence-electron chi connectivity index (χ0n) is 20.9. The highest BCUT2D eigenvalue weighted by atomic mass is 32.1. The van der Waals surface area contributed by atoms with Crippen molar-refractivity contribution in [2.45, 2.75) is 52.5 Å². The third-order valence-electron chi connectivity index (χ3n) is 6.79. The van der Waals surface area contributed by atoms with Crippen LogP contribution in [-0.4, -0.2) is 38.1 Å². The molecule has 2 aromatic carbocycles. The third kappa shape index (κ3) is 5.64. The number of hydrogen-bond acceptors (Lipinski definition) is 6. The van der Waals surface area contributed by atoms with E-state index >= 15 is 0 Å². The molecule has 1 aliphatic rings. The molecule has 2 heterocycles. The number of carboxylic acid groups (broad SMARTS) is 1. The lowest BCUT2D eigenvalue weighted by atomic mass is 9.95. The fourth-order valence-corrected chi connectivity index (χ4v) is 5.80. The van der Waals surface area contributed by atoms with E-state index in [1.54, 1.807) is 0 Å². The lowest BCUT2D eigenvalue weighted by molar-refractivity contribution is -0.134. The van der Waals surface area contributed by atoms with Crippen LogP contribution < -0.4 is 0 Å². The van der Waals surface area contributed by atoms with Gasteiger partial charge in [0.1, 0.15) is 5.71 Å². The van der Waals surface area contributed by atoms with E-state index < -0.39 is 5.97 Å². The SMILES string of the molecule is CC(=O)O.CCn1c2ccc(C(=O)C(CC3CCCC3)=NO)cc2c2cc(C(=O)c3cccs3)ccc21. The molecule has 192 valence electrons. The van der Waals surface area contributed by atoms with Gasteiger partial charge in [-0.1, -0.05) is 36.9 Å². The van der Waals surface area contributed by atoms with E-state index in [1.807, 2.05) is 53.9 Å². The molecule has 5 rings (SSSR count).